The molecule has 2 heterocycles. The number of alkyl halides is 3. The molecule has 0 spiro atoms. The SMILES string of the molecule is O=[S+](O)(c1cccc2ccccc12)N1CCC(Nc2nc(Nc3ccc(F)c(Cl)c3)nc(OCC(F)(F)F)n2)CC1. The Hall–Kier alpha value is -3.59. The van der Waals surface area contributed by atoms with Gasteiger partial charge in [-0.2, -0.15) is 32.7 Å². The number of piperidine rings is 1. The third kappa shape index (κ3) is 7.01. The molecule has 1 atom stereocenters. The lowest BCUT2D eigenvalue weighted by Crippen LogP contribution is -2.45. The number of anilines is 3. The summed E-state index contributed by atoms with van der Waals surface area (Å²) in [5, 5.41) is 7.19. The van der Waals surface area contributed by atoms with Gasteiger partial charge in [-0.25, -0.2) is 4.39 Å². The lowest BCUT2D eigenvalue weighted by Gasteiger charge is -2.30. The van der Waals surface area contributed by atoms with Gasteiger partial charge in [0.1, 0.15) is 5.82 Å². The quantitative estimate of drug-likeness (QED) is 0.157. The van der Waals surface area contributed by atoms with Crippen molar-refractivity contribution < 1.29 is 31.1 Å². The molecule has 1 saturated heterocycles. The van der Waals surface area contributed by atoms with Gasteiger partial charge in [0, 0.05) is 30.2 Å². The van der Waals surface area contributed by atoms with Crippen molar-refractivity contribution in [3.63, 3.8) is 0 Å². The average molecular weight is 612 g/mol. The Labute approximate surface area is 238 Å². The summed E-state index contributed by atoms with van der Waals surface area (Å²) in [6, 6.07) is 15.5. The maximum Gasteiger partial charge on any atom is 0.422 e. The second-order valence-electron chi connectivity index (χ2n) is 9.24. The zero-order valence-corrected chi connectivity index (χ0v) is 22.8. The van der Waals surface area contributed by atoms with E-state index in [1.807, 2.05) is 24.3 Å². The predicted octanol–water partition coefficient (Wildman–Crippen LogP) is 6.32. The minimum absolute atomic E-state index is 0.0647. The fourth-order valence-electron chi connectivity index (χ4n) is 4.39. The Balaban J connectivity index is 1.30. The first-order valence-corrected chi connectivity index (χ1v) is 14.3. The second kappa shape index (κ2) is 11.7. The normalized spacial score (nSPS) is 16.3. The van der Waals surface area contributed by atoms with Crippen molar-refractivity contribution in [3.05, 3.63) is 71.5 Å². The number of ether oxygens (including phenoxy) is 1. The number of rotatable bonds is 8. The van der Waals surface area contributed by atoms with Crippen LogP contribution in [0.2, 0.25) is 5.02 Å². The van der Waals surface area contributed by atoms with Crippen molar-refractivity contribution in [2.24, 2.45) is 0 Å². The molecule has 3 N–H and O–H groups in total. The fourth-order valence-corrected chi connectivity index (χ4v) is 6.28. The van der Waals surface area contributed by atoms with Crippen molar-refractivity contribution in [3.8, 4) is 6.01 Å². The fraction of sp³-hybridized carbons (Fsp3) is 0.269. The van der Waals surface area contributed by atoms with Crippen LogP contribution in [0.3, 0.4) is 0 Å². The summed E-state index contributed by atoms with van der Waals surface area (Å²) in [6.45, 7) is -1.09. The van der Waals surface area contributed by atoms with E-state index >= 15 is 0 Å². The minimum Gasteiger partial charge on any atom is -0.454 e. The van der Waals surface area contributed by atoms with Gasteiger partial charge in [-0.3, -0.25) is 0 Å². The lowest BCUT2D eigenvalue weighted by atomic mass is 10.1. The standard InChI is InChI=1S/C26H23ClF4N6O3S/c27-20-14-18(8-9-21(20)28)33-24-34-23(35-25(36-24)40-15-26(29,30)31)32-17-10-12-37(13-11-17)41(38,39)22-7-3-5-16-4-1-2-6-19(16)22/h1-9,14,17H,10-13,15H2,(H2-,32,33,34,35,36,38,39)/p+1. The van der Waals surface area contributed by atoms with Crippen molar-refractivity contribution in [2.75, 3.05) is 30.3 Å². The van der Waals surface area contributed by atoms with Gasteiger partial charge in [0.25, 0.3) is 0 Å². The zero-order chi connectivity index (χ0) is 29.2. The first kappa shape index (κ1) is 28.9. The molecule has 1 aromatic heterocycles. The monoisotopic (exact) mass is 611 g/mol. The van der Waals surface area contributed by atoms with E-state index < -0.39 is 35.0 Å². The molecule has 1 unspecified atom stereocenters. The second-order valence-corrected chi connectivity index (χ2v) is 11.6. The number of hydrogen-bond donors (Lipinski definition) is 3. The molecule has 0 bridgehead atoms. The molecule has 3 aromatic carbocycles. The summed E-state index contributed by atoms with van der Waals surface area (Å²) in [5.41, 5.74) is 0.287. The van der Waals surface area contributed by atoms with Crippen LogP contribution in [0.5, 0.6) is 6.01 Å². The van der Waals surface area contributed by atoms with Gasteiger partial charge in [-0.15, -0.1) is 0 Å². The summed E-state index contributed by atoms with van der Waals surface area (Å²) in [7, 11) is -3.52. The Morgan fingerprint density at radius 2 is 1.73 bits per heavy atom. The molecular weight excluding hydrogens is 588 g/mol. The van der Waals surface area contributed by atoms with E-state index in [1.54, 1.807) is 18.2 Å². The number of aromatic nitrogens is 3. The third-order valence-corrected chi connectivity index (χ3v) is 8.61. The number of benzene rings is 3. The summed E-state index contributed by atoms with van der Waals surface area (Å²) in [4.78, 5) is 12.4. The smallest absolute Gasteiger partial charge is 0.422 e. The van der Waals surface area contributed by atoms with Crippen LogP contribution in [0.15, 0.2) is 65.6 Å². The van der Waals surface area contributed by atoms with Crippen LogP contribution in [-0.2, 0) is 14.6 Å². The highest BCUT2D eigenvalue weighted by Gasteiger charge is 2.42. The van der Waals surface area contributed by atoms with Gasteiger partial charge in [0.2, 0.25) is 16.8 Å². The maximum atomic E-state index is 13.6. The largest absolute Gasteiger partial charge is 0.454 e. The first-order valence-electron chi connectivity index (χ1n) is 12.4. The van der Waals surface area contributed by atoms with E-state index in [9.17, 15) is 26.3 Å². The van der Waals surface area contributed by atoms with Gasteiger partial charge in [0.05, 0.1) is 5.02 Å². The van der Waals surface area contributed by atoms with E-state index in [4.69, 9.17) is 16.3 Å². The molecule has 15 heteroatoms. The van der Waals surface area contributed by atoms with Gasteiger partial charge in [-0.1, -0.05) is 46.2 Å². The molecule has 4 aromatic rings. The molecule has 1 aliphatic heterocycles. The Morgan fingerprint density at radius 3 is 2.46 bits per heavy atom. The van der Waals surface area contributed by atoms with E-state index in [-0.39, 0.29) is 41.7 Å². The molecule has 1 fully saturated rings. The van der Waals surface area contributed by atoms with E-state index in [2.05, 4.69) is 25.6 Å². The van der Waals surface area contributed by atoms with Crippen LogP contribution in [0.1, 0.15) is 12.8 Å². The summed E-state index contributed by atoms with van der Waals surface area (Å²) < 4.78 is 82.7. The number of nitrogens with one attached hydrogen (secondary N) is 2. The first-order chi connectivity index (χ1) is 19.5. The molecular formula is C26H24ClF4N6O3S+. The minimum atomic E-state index is -4.62. The molecule has 0 amide bonds. The molecule has 0 saturated carbocycles. The molecule has 0 aliphatic carbocycles. The van der Waals surface area contributed by atoms with Crippen LogP contribution in [-0.4, -0.2) is 55.7 Å². The van der Waals surface area contributed by atoms with Crippen molar-refractivity contribution in [1.82, 2.24) is 19.3 Å². The van der Waals surface area contributed by atoms with Gasteiger partial charge in [-0.05, 0) is 52.8 Å². The highest BCUT2D eigenvalue weighted by Crippen LogP contribution is 2.32. The van der Waals surface area contributed by atoms with Crippen LogP contribution >= 0.6 is 11.6 Å². The maximum absolute atomic E-state index is 13.6. The summed E-state index contributed by atoms with van der Waals surface area (Å²) in [6.07, 6.45) is -3.78. The van der Waals surface area contributed by atoms with Crippen molar-refractivity contribution in [1.29, 1.82) is 0 Å². The number of hydrogen-bond acceptors (Lipinski definition) is 7. The van der Waals surface area contributed by atoms with Crippen molar-refractivity contribution >= 4 is 50.4 Å². The number of nitrogens with zero attached hydrogens (tertiary/aromatic N) is 4. The Kier molecular flexibility index (Phi) is 8.27. The van der Waals surface area contributed by atoms with Gasteiger partial charge >= 0.3 is 22.6 Å². The van der Waals surface area contributed by atoms with Gasteiger partial charge < -0.3 is 15.4 Å². The molecule has 1 aliphatic rings. The molecule has 216 valence electrons. The van der Waals surface area contributed by atoms with E-state index in [1.165, 1.54) is 16.4 Å². The van der Waals surface area contributed by atoms with Crippen molar-refractivity contribution in [2.45, 2.75) is 30.0 Å². The molecule has 0 radical (unpaired) electrons. The molecule has 41 heavy (non-hydrogen) atoms. The lowest BCUT2D eigenvalue weighted by molar-refractivity contribution is -0.154. The van der Waals surface area contributed by atoms with E-state index in [0.29, 0.717) is 23.1 Å². The molecule has 9 nitrogen and oxygen atoms in total. The van der Waals surface area contributed by atoms with Crippen LogP contribution in [0.4, 0.5) is 35.1 Å². The number of halogens is 5. The topological polar surface area (TPSA) is 113 Å². The number of fused-ring (bicyclic) bond motifs is 1. The molecule has 5 rings (SSSR count). The van der Waals surface area contributed by atoms with Crippen LogP contribution in [0, 0.1) is 5.82 Å². The van der Waals surface area contributed by atoms with E-state index in [0.717, 1.165) is 11.5 Å². The zero-order valence-electron chi connectivity index (χ0n) is 21.2. The highest BCUT2D eigenvalue weighted by atomic mass is 35.5. The Bertz CT molecular complexity index is 1600. The van der Waals surface area contributed by atoms with Crippen LogP contribution < -0.4 is 15.4 Å². The summed E-state index contributed by atoms with van der Waals surface area (Å²) in [5.74, 6) is -0.873. The summed E-state index contributed by atoms with van der Waals surface area (Å²) >= 11 is 5.81. The predicted molar refractivity (Wildman–Crippen MR) is 147 cm³/mol. The average Bonchev–Trinajstić information content (AvgIpc) is 2.93. The Morgan fingerprint density at radius 1 is 1.02 bits per heavy atom. The van der Waals surface area contributed by atoms with Crippen LogP contribution in [0.25, 0.3) is 10.8 Å². The highest BCUT2D eigenvalue weighted by molar-refractivity contribution is 7.95. The third-order valence-electron chi connectivity index (χ3n) is 6.33. The van der Waals surface area contributed by atoms with Gasteiger partial charge in [0.15, 0.2) is 6.61 Å².